The summed E-state index contributed by atoms with van der Waals surface area (Å²) < 4.78 is 5.15. The van der Waals surface area contributed by atoms with E-state index in [1.165, 1.54) is 11.8 Å². The number of aryl methyl sites for hydroxylation is 1. The van der Waals surface area contributed by atoms with Crippen molar-refractivity contribution in [3.8, 4) is 0 Å². The monoisotopic (exact) mass is 243 g/mol. The zero-order valence-electron chi connectivity index (χ0n) is 8.84. The molecule has 0 bridgehead atoms. The summed E-state index contributed by atoms with van der Waals surface area (Å²) in [6.07, 6.45) is 2.13. The van der Waals surface area contributed by atoms with Gasteiger partial charge in [0, 0.05) is 18.7 Å². The molecule has 7 heteroatoms. The molecule has 0 spiro atoms. The fraction of sp³-hybridized carbons (Fsp3) is 0.667. The number of nitrogens with one attached hydrogen (secondary N) is 1. The largest absolute Gasteiger partial charge is 0.480 e. The summed E-state index contributed by atoms with van der Waals surface area (Å²) in [4.78, 5) is 10.9. The number of rotatable bonds is 6. The lowest BCUT2D eigenvalue weighted by Gasteiger charge is -2.11. The molecule has 0 radical (unpaired) electrons. The van der Waals surface area contributed by atoms with Crippen LogP contribution in [0, 0.1) is 6.92 Å². The van der Waals surface area contributed by atoms with E-state index in [-0.39, 0.29) is 0 Å². The van der Waals surface area contributed by atoms with E-state index in [1.54, 1.807) is 6.92 Å². The molecule has 1 aliphatic rings. The van der Waals surface area contributed by atoms with Gasteiger partial charge in [-0.15, -0.1) is 10.2 Å². The first kappa shape index (κ1) is 11.4. The van der Waals surface area contributed by atoms with E-state index in [1.807, 2.05) is 0 Å². The molecule has 1 heterocycles. The van der Waals surface area contributed by atoms with Crippen LogP contribution >= 0.6 is 11.8 Å². The van der Waals surface area contributed by atoms with Crippen molar-refractivity contribution in [2.75, 3.05) is 5.75 Å². The fourth-order valence-corrected chi connectivity index (χ4v) is 2.04. The van der Waals surface area contributed by atoms with Crippen LogP contribution in [0.2, 0.25) is 0 Å². The van der Waals surface area contributed by atoms with Gasteiger partial charge in [-0.1, -0.05) is 11.8 Å². The van der Waals surface area contributed by atoms with Crippen molar-refractivity contribution in [2.24, 2.45) is 0 Å². The zero-order valence-corrected chi connectivity index (χ0v) is 9.66. The summed E-state index contributed by atoms with van der Waals surface area (Å²) in [6, 6.07) is -0.184. The van der Waals surface area contributed by atoms with Gasteiger partial charge in [-0.2, -0.15) is 0 Å². The van der Waals surface area contributed by atoms with Gasteiger partial charge in [-0.25, -0.2) is 0 Å². The van der Waals surface area contributed by atoms with E-state index in [0.717, 1.165) is 12.8 Å². The van der Waals surface area contributed by atoms with Gasteiger partial charge in [0.2, 0.25) is 5.89 Å². The Bertz CT molecular complexity index is 378. The molecule has 0 saturated heterocycles. The van der Waals surface area contributed by atoms with E-state index in [4.69, 9.17) is 9.52 Å². The molecule has 1 fully saturated rings. The van der Waals surface area contributed by atoms with Gasteiger partial charge in [0.05, 0.1) is 0 Å². The number of thioether (sulfide) groups is 1. The van der Waals surface area contributed by atoms with Crippen LogP contribution < -0.4 is 5.32 Å². The molecule has 1 aliphatic carbocycles. The maximum atomic E-state index is 10.9. The molecule has 1 saturated carbocycles. The highest BCUT2D eigenvalue weighted by molar-refractivity contribution is 7.99. The molecule has 2 N–H and O–H groups in total. The van der Waals surface area contributed by atoms with Gasteiger partial charge < -0.3 is 14.8 Å². The van der Waals surface area contributed by atoms with Gasteiger partial charge >= 0.3 is 5.97 Å². The Morgan fingerprint density at radius 2 is 2.44 bits per heavy atom. The van der Waals surface area contributed by atoms with Crippen LogP contribution in [0.5, 0.6) is 0 Å². The Balaban J connectivity index is 1.83. The zero-order chi connectivity index (χ0) is 11.5. The summed E-state index contributed by atoms with van der Waals surface area (Å²) in [5.41, 5.74) is 0. The van der Waals surface area contributed by atoms with E-state index >= 15 is 0 Å². The highest BCUT2D eigenvalue weighted by atomic mass is 32.2. The highest BCUT2D eigenvalue weighted by Gasteiger charge is 2.28. The summed E-state index contributed by atoms with van der Waals surface area (Å²) in [6.45, 7) is 1.70. The summed E-state index contributed by atoms with van der Waals surface area (Å²) >= 11 is 1.26. The fourth-order valence-electron chi connectivity index (χ4n) is 1.22. The van der Waals surface area contributed by atoms with Crippen LogP contribution in [0.4, 0.5) is 0 Å². The van der Waals surface area contributed by atoms with Crippen LogP contribution in [0.1, 0.15) is 18.7 Å². The highest BCUT2D eigenvalue weighted by Crippen LogP contribution is 2.22. The van der Waals surface area contributed by atoms with Crippen LogP contribution in [0.3, 0.4) is 0 Å². The number of carboxylic acid groups (broad SMARTS) is 1. The second-order valence-electron chi connectivity index (χ2n) is 3.73. The normalized spacial score (nSPS) is 17.3. The molecule has 88 valence electrons. The first-order valence-corrected chi connectivity index (χ1v) is 6.05. The minimum Gasteiger partial charge on any atom is -0.480 e. The molecule has 0 aliphatic heterocycles. The molecule has 1 unspecified atom stereocenters. The Kier molecular flexibility index (Phi) is 3.45. The van der Waals surface area contributed by atoms with Crippen molar-refractivity contribution in [1.29, 1.82) is 0 Å². The number of carboxylic acids is 1. The number of hydrogen-bond donors (Lipinski definition) is 2. The lowest BCUT2D eigenvalue weighted by Crippen LogP contribution is -2.40. The Hall–Kier alpha value is -1.08. The van der Waals surface area contributed by atoms with Gasteiger partial charge in [-0.3, -0.25) is 4.79 Å². The van der Waals surface area contributed by atoms with Crippen LogP contribution in [0.15, 0.2) is 9.64 Å². The van der Waals surface area contributed by atoms with Crippen molar-refractivity contribution in [3.05, 3.63) is 5.89 Å². The van der Waals surface area contributed by atoms with Gasteiger partial charge in [-0.05, 0) is 12.8 Å². The molecular weight excluding hydrogens is 230 g/mol. The Morgan fingerprint density at radius 1 is 1.69 bits per heavy atom. The van der Waals surface area contributed by atoms with Crippen molar-refractivity contribution < 1.29 is 14.3 Å². The number of carbonyl (C=O) groups is 1. The predicted octanol–water partition coefficient (Wildman–Crippen LogP) is 0.675. The standard InChI is InChI=1S/C9H13N3O3S/c1-5-11-12-9(15-5)16-4-7(8(13)14)10-6-2-3-6/h6-7,10H,2-4H2,1H3,(H,13,14). The number of aromatic nitrogens is 2. The molecule has 6 nitrogen and oxygen atoms in total. The maximum Gasteiger partial charge on any atom is 0.321 e. The lowest BCUT2D eigenvalue weighted by molar-refractivity contribution is -0.138. The lowest BCUT2D eigenvalue weighted by atomic mass is 10.3. The minimum absolute atomic E-state index is 0.367. The quantitative estimate of drug-likeness (QED) is 0.710. The maximum absolute atomic E-state index is 10.9. The average molecular weight is 243 g/mol. The van der Waals surface area contributed by atoms with Crippen LogP contribution in [-0.2, 0) is 4.79 Å². The molecule has 1 aromatic rings. The summed E-state index contributed by atoms with van der Waals surface area (Å²) in [7, 11) is 0. The Labute approximate surface area is 96.8 Å². The minimum atomic E-state index is -0.837. The molecule has 1 atom stereocenters. The second-order valence-corrected chi connectivity index (χ2v) is 4.70. The molecule has 1 aromatic heterocycles. The predicted molar refractivity (Wildman–Crippen MR) is 57.3 cm³/mol. The van der Waals surface area contributed by atoms with Gasteiger partial charge in [0.25, 0.3) is 5.22 Å². The average Bonchev–Trinajstić information content (AvgIpc) is 2.95. The van der Waals surface area contributed by atoms with Crippen molar-refractivity contribution in [3.63, 3.8) is 0 Å². The smallest absolute Gasteiger partial charge is 0.321 e. The molecule has 0 amide bonds. The van der Waals surface area contributed by atoms with Gasteiger partial charge in [0.15, 0.2) is 0 Å². The molecule has 2 rings (SSSR count). The molecular formula is C9H13N3O3S. The Morgan fingerprint density at radius 3 is 2.94 bits per heavy atom. The third-order valence-corrected chi connectivity index (χ3v) is 3.11. The number of aliphatic carboxylic acids is 1. The molecule has 0 aromatic carbocycles. The van der Waals surface area contributed by atoms with E-state index in [0.29, 0.717) is 22.9 Å². The number of nitrogens with zero attached hydrogens (tertiary/aromatic N) is 2. The SMILES string of the molecule is Cc1nnc(SCC(NC2CC2)C(=O)O)o1. The molecule has 16 heavy (non-hydrogen) atoms. The van der Waals surface area contributed by atoms with Crippen LogP contribution in [-0.4, -0.2) is 39.1 Å². The second kappa shape index (κ2) is 4.84. The summed E-state index contributed by atoms with van der Waals surface area (Å²) in [5, 5.41) is 19.9. The number of hydrogen-bond acceptors (Lipinski definition) is 6. The van der Waals surface area contributed by atoms with E-state index in [2.05, 4.69) is 15.5 Å². The third kappa shape index (κ3) is 3.21. The topological polar surface area (TPSA) is 88.2 Å². The van der Waals surface area contributed by atoms with Crippen LogP contribution in [0.25, 0.3) is 0 Å². The van der Waals surface area contributed by atoms with E-state index < -0.39 is 12.0 Å². The van der Waals surface area contributed by atoms with Crippen molar-refractivity contribution >= 4 is 17.7 Å². The van der Waals surface area contributed by atoms with Crippen molar-refractivity contribution in [2.45, 2.75) is 37.1 Å². The first-order valence-electron chi connectivity index (χ1n) is 5.07. The van der Waals surface area contributed by atoms with E-state index in [9.17, 15) is 4.79 Å². The third-order valence-electron chi connectivity index (χ3n) is 2.19. The summed E-state index contributed by atoms with van der Waals surface area (Å²) in [5.74, 6) is 0.0492. The first-order chi connectivity index (χ1) is 7.65. The van der Waals surface area contributed by atoms with Crippen molar-refractivity contribution in [1.82, 2.24) is 15.5 Å². The van der Waals surface area contributed by atoms with Gasteiger partial charge in [0.1, 0.15) is 6.04 Å².